The number of nitrogens with zero attached hydrogens (tertiary/aromatic N) is 2. The quantitative estimate of drug-likeness (QED) is 0.689. The van der Waals surface area contributed by atoms with E-state index in [1.807, 2.05) is 11.8 Å². The lowest BCUT2D eigenvalue weighted by Crippen LogP contribution is -2.48. The Labute approximate surface area is 203 Å². The van der Waals surface area contributed by atoms with Crippen LogP contribution in [0.25, 0.3) is 0 Å². The van der Waals surface area contributed by atoms with Crippen LogP contribution >= 0.6 is 0 Å². The summed E-state index contributed by atoms with van der Waals surface area (Å²) in [6.07, 6.45) is 8.27. The molecule has 0 radical (unpaired) electrons. The van der Waals surface area contributed by atoms with E-state index in [4.69, 9.17) is 0 Å². The molecule has 7 nitrogen and oxygen atoms in total. The largest absolute Gasteiger partial charge is 0.353 e. The van der Waals surface area contributed by atoms with E-state index in [0.717, 1.165) is 62.1 Å². The third-order valence-corrected chi connectivity index (χ3v) is 10.0. The third kappa shape index (κ3) is 4.63. The first-order valence-corrected chi connectivity index (χ1v) is 14.4. The van der Waals surface area contributed by atoms with E-state index in [1.165, 1.54) is 4.31 Å². The predicted octanol–water partition coefficient (Wildman–Crippen LogP) is 3.47. The summed E-state index contributed by atoms with van der Waals surface area (Å²) in [4.78, 5) is 27.8. The van der Waals surface area contributed by atoms with Gasteiger partial charge in [-0.3, -0.25) is 9.59 Å². The van der Waals surface area contributed by atoms with Gasteiger partial charge in [-0.2, -0.15) is 4.31 Å². The molecule has 2 aliphatic carbocycles. The number of anilines is 1. The van der Waals surface area contributed by atoms with Crippen molar-refractivity contribution >= 4 is 27.5 Å². The average Bonchev–Trinajstić information content (AvgIpc) is 3.62. The summed E-state index contributed by atoms with van der Waals surface area (Å²) in [7, 11) is -3.70. The number of carbonyl (C=O) groups excluding carboxylic acids is 2. The maximum atomic E-state index is 13.5. The molecule has 3 fully saturated rings. The fraction of sp³-hybridized carbons (Fsp3) is 0.692. The topological polar surface area (TPSA) is 86.8 Å². The van der Waals surface area contributed by atoms with Crippen molar-refractivity contribution in [2.75, 3.05) is 18.0 Å². The Morgan fingerprint density at radius 2 is 1.71 bits per heavy atom. The maximum Gasteiger partial charge on any atom is 0.243 e. The van der Waals surface area contributed by atoms with Crippen LogP contribution in [-0.4, -0.2) is 49.7 Å². The molecule has 4 aliphatic rings. The van der Waals surface area contributed by atoms with E-state index in [0.29, 0.717) is 19.4 Å². The molecule has 2 aliphatic heterocycles. The van der Waals surface area contributed by atoms with Crippen LogP contribution in [0.1, 0.15) is 70.8 Å². The van der Waals surface area contributed by atoms with Gasteiger partial charge in [0.05, 0.1) is 10.8 Å². The summed E-state index contributed by atoms with van der Waals surface area (Å²) in [5.74, 6) is 0.711. The van der Waals surface area contributed by atoms with E-state index in [2.05, 4.69) is 12.2 Å². The molecule has 1 N–H and O–H groups in total. The zero-order valence-corrected chi connectivity index (χ0v) is 21.1. The Morgan fingerprint density at radius 3 is 2.41 bits per heavy atom. The molecule has 0 bridgehead atoms. The second kappa shape index (κ2) is 9.26. The second-order valence-electron chi connectivity index (χ2n) is 11.0. The van der Waals surface area contributed by atoms with Crippen LogP contribution in [0, 0.1) is 17.8 Å². The molecule has 2 saturated carbocycles. The number of amides is 2. The van der Waals surface area contributed by atoms with Gasteiger partial charge in [-0.1, -0.05) is 6.92 Å². The van der Waals surface area contributed by atoms with Crippen LogP contribution in [0.5, 0.6) is 0 Å². The second-order valence-corrected chi connectivity index (χ2v) is 12.9. The normalized spacial score (nSPS) is 30.1. The number of fused-ring (bicyclic) bond motifs is 1. The van der Waals surface area contributed by atoms with Crippen LogP contribution in [0.15, 0.2) is 23.1 Å². The van der Waals surface area contributed by atoms with Gasteiger partial charge < -0.3 is 10.2 Å². The van der Waals surface area contributed by atoms with Crippen molar-refractivity contribution in [2.24, 2.45) is 17.8 Å². The monoisotopic (exact) mass is 487 g/mol. The molecular weight excluding hydrogens is 450 g/mol. The molecule has 1 aromatic carbocycles. The zero-order chi connectivity index (χ0) is 24.0. The van der Waals surface area contributed by atoms with Crippen molar-refractivity contribution in [1.29, 1.82) is 0 Å². The first-order chi connectivity index (χ1) is 16.2. The Morgan fingerprint density at radius 1 is 0.971 bits per heavy atom. The summed E-state index contributed by atoms with van der Waals surface area (Å²) < 4.78 is 28.5. The molecule has 2 heterocycles. The first kappa shape index (κ1) is 23.8. The van der Waals surface area contributed by atoms with Crippen molar-refractivity contribution in [3.8, 4) is 0 Å². The molecule has 5 rings (SSSR count). The molecule has 186 valence electrons. The number of rotatable bonds is 5. The zero-order valence-electron chi connectivity index (χ0n) is 20.3. The summed E-state index contributed by atoms with van der Waals surface area (Å²) in [6.45, 7) is 4.95. The van der Waals surface area contributed by atoms with Crippen molar-refractivity contribution < 1.29 is 18.0 Å². The SMILES string of the molecule is CC1CCC(NC(=O)[C@H]2CCCN(S(=O)(=O)c3ccc4c(c3)C[C@@H](C)N4C(=O)C3CC3)C2)CC1. The molecule has 0 spiro atoms. The average molecular weight is 488 g/mol. The minimum Gasteiger partial charge on any atom is -0.353 e. The van der Waals surface area contributed by atoms with Crippen molar-refractivity contribution in [3.63, 3.8) is 0 Å². The van der Waals surface area contributed by atoms with E-state index in [9.17, 15) is 18.0 Å². The summed E-state index contributed by atoms with van der Waals surface area (Å²) in [5, 5.41) is 3.19. The third-order valence-electron chi connectivity index (χ3n) is 8.19. The van der Waals surface area contributed by atoms with Gasteiger partial charge in [0.2, 0.25) is 21.8 Å². The molecule has 1 aromatic rings. The molecular formula is C26H37N3O4S. The Bertz CT molecular complexity index is 1060. The van der Waals surface area contributed by atoms with Crippen LogP contribution in [0.3, 0.4) is 0 Å². The van der Waals surface area contributed by atoms with E-state index < -0.39 is 10.0 Å². The van der Waals surface area contributed by atoms with Crippen LogP contribution in [0.2, 0.25) is 0 Å². The number of carbonyl (C=O) groups is 2. The van der Waals surface area contributed by atoms with Gasteiger partial charge in [0, 0.05) is 36.8 Å². The van der Waals surface area contributed by atoms with E-state index in [-0.39, 0.29) is 47.2 Å². The van der Waals surface area contributed by atoms with Gasteiger partial charge >= 0.3 is 0 Å². The summed E-state index contributed by atoms with van der Waals surface area (Å²) >= 11 is 0. The predicted molar refractivity (Wildman–Crippen MR) is 131 cm³/mol. The molecule has 8 heteroatoms. The Hall–Kier alpha value is -1.93. The molecule has 34 heavy (non-hydrogen) atoms. The molecule has 2 amide bonds. The number of hydrogen-bond acceptors (Lipinski definition) is 4. The minimum atomic E-state index is -3.70. The van der Waals surface area contributed by atoms with E-state index in [1.54, 1.807) is 18.2 Å². The highest BCUT2D eigenvalue weighted by molar-refractivity contribution is 7.89. The van der Waals surface area contributed by atoms with Gasteiger partial charge in [-0.15, -0.1) is 0 Å². The van der Waals surface area contributed by atoms with E-state index >= 15 is 0 Å². The standard InChI is InChI=1S/C26H37N3O4S/c1-17-5-9-22(10-6-17)27-25(30)20-4-3-13-28(16-20)34(32,33)23-11-12-24-21(15-23)14-18(2)29(24)26(31)19-7-8-19/h11-12,15,17-20,22H,3-10,13-14,16H2,1-2H3,(H,27,30)/t17?,18-,20+,22?/m1/s1. The fourth-order valence-corrected chi connectivity index (χ4v) is 7.45. The number of sulfonamides is 1. The summed E-state index contributed by atoms with van der Waals surface area (Å²) in [6, 6.07) is 5.44. The first-order valence-electron chi connectivity index (χ1n) is 13.0. The van der Waals surface area contributed by atoms with Crippen molar-refractivity contribution in [3.05, 3.63) is 23.8 Å². The maximum absolute atomic E-state index is 13.5. The molecule has 1 saturated heterocycles. The summed E-state index contributed by atoms with van der Waals surface area (Å²) in [5.41, 5.74) is 1.77. The Kier molecular flexibility index (Phi) is 6.48. The number of nitrogens with one attached hydrogen (secondary N) is 1. The van der Waals surface area contributed by atoms with Gasteiger partial charge in [0.15, 0.2) is 0 Å². The smallest absolute Gasteiger partial charge is 0.243 e. The lowest BCUT2D eigenvalue weighted by Gasteiger charge is -2.33. The van der Waals surface area contributed by atoms with Crippen molar-refractivity contribution in [1.82, 2.24) is 9.62 Å². The number of piperidine rings is 1. The fourth-order valence-electron chi connectivity index (χ4n) is 5.88. The van der Waals surface area contributed by atoms with Gasteiger partial charge in [0.1, 0.15) is 0 Å². The lowest BCUT2D eigenvalue weighted by molar-refractivity contribution is -0.127. The highest BCUT2D eigenvalue weighted by Gasteiger charge is 2.40. The molecule has 2 atom stereocenters. The molecule has 0 unspecified atom stereocenters. The lowest BCUT2D eigenvalue weighted by atomic mass is 9.87. The van der Waals surface area contributed by atoms with Gasteiger partial charge in [0.25, 0.3) is 0 Å². The van der Waals surface area contributed by atoms with Crippen LogP contribution < -0.4 is 10.2 Å². The number of benzene rings is 1. The van der Waals surface area contributed by atoms with Gasteiger partial charge in [-0.05, 0) is 94.4 Å². The van der Waals surface area contributed by atoms with Gasteiger partial charge in [-0.25, -0.2) is 8.42 Å². The molecule has 0 aromatic heterocycles. The van der Waals surface area contributed by atoms with Crippen LogP contribution in [0.4, 0.5) is 5.69 Å². The highest BCUT2D eigenvalue weighted by atomic mass is 32.2. The number of hydrogen-bond donors (Lipinski definition) is 1. The van der Waals surface area contributed by atoms with Crippen LogP contribution in [-0.2, 0) is 26.0 Å². The van der Waals surface area contributed by atoms with Crippen molar-refractivity contribution in [2.45, 2.75) is 88.6 Å². The highest BCUT2D eigenvalue weighted by Crippen LogP contribution is 2.40. The minimum absolute atomic E-state index is 0.00328. The Balaban J connectivity index is 1.27.